The molecule has 2 atom stereocenters. The molecular formula is C23H26N6OS2. The van der Waals surface area contributed by atoms with Crippen molar-refractivity contribution >= 4 is 33.3 Å². The molecule has 32 heavy (non-hydrogen) atoms. The minimum Gasteiger partial charge on any atom is -0.440 e. The fourth-order valence-corrected chi connectivity index (χ4v) is 6.81. The van der Waals surface area contributed by atoms with Gasteiger partial charge in [-0.2, -0.15) is 0 Å². The summed E-state index contributed by atoms with van der Waals surface area (Å²) in [6.45, 7) is 7.54. The zero-order chi connectivity index (χ0) is 21.9. The molecule has 1 saturated carbocycles. The average molecular weight is 467 g/mol. The number of hydrogen-bond acceptors (Lipinski definition) is 8. The van der Waals surface area contributed by atoms with Gasteiger partial charge in [0.15, 0.2) is 17.3 Å². The Balaban J connectivity index is 1.04. The highest BCUT2D eigenvalue weighted by molar-refractivity contribution is 7.99. The topological polar surface area (TPSA) is 72.9 Å². The first-order chi connectivity index (χ1) is 15.5. The van der Waals surface area contributed by atoms with E-state index in [-0.39, 0.29) is 0 Å². The summed E-state index contributed by atoms with van der Waals surface area (Å²) in [4.78, 5) is 11.5. The number of thioether (sulfide) groups is 1. The van der Waals surface area contributed by atoms with E-state index in [0.29, 0.717) is 11.2 Å². The van der Waals surface area contributed by atoms with E-state index in [0.717, 1.165) is 46.3 Å². The molecule has 1 aliphatic carbocycles. The summed E-state index contributed by atoms with van der Waals surface area (Å²) in [6.07, 6.45) is 3.92. The van der Waals surface area contributed by atoms with E-state index >= 15 is 0 Å². The summed E-state index contributed by atoms with van der Waals surface area (Å²) >= 11 is 3.55. The van der Waals surface area contributed by atoms with Gasteiger partial charge < -0.3 is 13.9 Å². The molecule has 1 unspecified atom stereocenters. The van der Waals surface area contributed by atoms with Gasteiger partial charge >= 0.3 is 0 Å². The highest BCUT2D eigenvalue weighted by Crippen LogP contribution is 2.59. The number of nitrogens with zero attached hydrogens (tertiary/aromatic N) is 6. The van der Waals surface area contributed by atoms with Crippen LogP contribution in [-0.4, -0.2) is 55.0 Å². The van der Waals surface area contributed by atoms with Crippen molar-refractivity contribution < 1.29 is 4.42 Å². The van der Waals surface area contributed by atoms with Gasteiger partial charge in [-0.3, -0.25) is 0 Å². The molecule has 2 aliphatic rings. The third-order valence-electron chi connectivity index (χ3n) is 6.92. The first-order valence-corrected chi connectivity index (χ1v) is 12.9. The minimum absolute atomic E-state index is 0.367. The standard InChI is InChI=1S/C23H26N6OS2/c1-14-20(30-13-24-14)21-26-27-22(28(21)3)31-8-4-7-29-11-17-10-23(17,12-29)16-5-6-19-18(9-16)25-15(2)32-19/h5-6,9,13,17H,4,7-8,10-12H2,1-3H3/t17-,23?/m1/s1. The second-order valence-corrected chi connectivity index (χ2v) is 11.3. The van der Waals surface area contributed by atoms with Crippen molar-refractivity contribution in [2.75, 3.05) is 25.4 Å². The number of aromatic nitrogens is 5. The number of piperidine rings is 1. The minimum atomic E-state index is 0.367. The van der Waals surface area contributed by atoms with Gasteiger partial charge in [0.1, 0.15) is 0 Å². The molecule has 9 heteroatoms. The fourth-order valence-electron chi connectivity index (χ4n) is 5.16. The lowest BCUT2D eigenvalue weighted by atomic mass is 9.95. The molecule has 3 aromatic heterocycles. The number of benzene rings is 1. The van der Waals surface area contributed by atoms with E-state index in [9.17, 15) is 0 Å². The predicted octanol–water partition coefficient (Wildman–Crippen LogP) is 4.45. The normalized spacial score (nSPS) is 22.7. The van der Waals surface area contributed by atoms with Crippen molar-refractivity contribution in [3.05, 3.63) is 40.9 Å². The molecule has 166 valence electrons. The molecule has 0 amide bonds. The molecule has 0 spiro atoms. The third kappa shape index (κ3) is 3.38. The number of fused-ring (bicyclic) bond motifs is 2. The Morgan fingerprint density at radius 2 is 2.19 bits per heavy atom. The SMILES string of the molecule is Cc1nc2cc(C34C[C@@H]3CN(CCCSc3nnc(-c5ocnc5C)n3C)C4)ccc2s1. The number of thiazole rings is 1. The van der Waals surface area contributed by atoms with E-state index < -0.39 is 0 Å². The maximum atomic E-state index is 5.47. The second kappa shape index (κ2) is 7.67. The number of likely N-dealkylation sites (tertiary alicyclic amines) is 1. The smallest absolute Gasteiger partial charge is 0.202 e. The highest BCUT2D eigenvalue weighted by Gasteiger charge is 2.60. The van der Waals surface area contributed by atoms with Crippen LogP contribution in [0, 0.1) is 19.8 Å². The number of oxazole rings is 1. The largest absolute Gasteiger partial charge is 0.440 e. The summed E-state index contributed by atoms with van der Waals surface area (Å²) in [5.41, 5.74) is 3.87. The van der Waals surface area contributed by atoms with E-state index in [2.05, 4.69) is 45.2 Å². The van der Waals surface area contributed by atoms with Crippen molar-refractivity contribution in [3.63, 3.8) is 0 Å². The van der Waals surface area contributed by atoms with Crippen LogP contribution in [0.5, 0.6) is 0 Å². The lowest BCUT2D eigenvalue weighted by molar-refractivity contribution is 0.299. The van der Waals surface area contributed by atoms with E-state index in [1.807, 2.05) is 18.5 Å². The van der Waals surface area contributed by atoms with Gasteiger partial charge in [0.25, 0.3) is 0 Å². The van der Waals surface area contributed by atoms with Crippen LogP contribution in [0.15, 0.2) is 34.2 Å². The molecule has 1 aromatic carbocycles. The van der Waals surface area contributed by atoms with Crippen LogP contribution in [-0.2, 0) is 12.5 Å². The molecule has 7 nitrogen and oxygen atoms in total. The predicted molar refractivity (Wildman–Crippen MR) is 127 cm³/mol. The summed E-state index contributed by atoms with van der Waals surface area (Å²) in [6, 6.07) is 6.97. The maximum Gasteiger partial charge on any atom is 0.202 e. The maximum absolute atomic E-state index is 5.47. The Labute approximate surface area is 195 Å². The number of aryl methyl sites for hydroxylation is 2. The van der Waals surface area contributed by atoms with E-state index in [1.165, 1.54) is 41.7 Å². The van der Waals surface area contributed by atoms with Crippen molar-refractivity contribution in [1.82, 2.24) is 29.6 Å². The van der Waals surface area contributed by atoms with Crippen molar-refractivity contribution in [1.29, 1.82) is 0 Å². The van der Waals surface area contributed by atoms with Gasteiger partial charge in [0, 0.05) is 31.3 Å². The lowest BCUT2D eigenvalue weighted by Gasteiger charge is -2.21. The molecule has 0 bridgehead atoms. The quantitative estimate of drug-likeness (QED) is 0.294. The van der Waals surface area contributed by atoms with Crippen LogP contribution >= 0.6 is 23.1 Å². The number of hydrogen-bond donors (Lipinski definition) is 0. The Kier molecular flexibility index (Phi) is 4.89. The number of rotatable bonds is 7. The Bertz CT molecular complexity index is 1290. The van der Waals surface area contributed by atoms with Crippen LogP contribution in [0.3, 0.4) is 0 Å². The lowest BCUT2D eigenvalue weighted by Crippen LogP contribution is -2.27. The second-order valence-electron chi connectivity index (χ2n) is 9.04. The molecule has 1 aliphatic heterocycles. The average Bonchev–Trinajstić information content (AvgIpc) is 3.20. The molecule has 6 rings (SSSR count). The van der Waals surface area contributed by atoms with Gasteiger partial charge in [-0.05, 0) is 56.8 Å². The zero-order valence-electron chi connectivity index (χ0n) is 18.5. The molecular weight excluding hydrogens is 440 g/mol. The molecule has 4 heterocycles. The zero-order valence-corrected chi connectivity index (χ0v) is 20.2. The highest BCUT2D eigenvalue weighted by atomic mass is 32.2. The van der Waals surface area contributed by atoms with Crippen LogP contribution in [0.2, 0.25) is 0 Å². The van der Waals surface area contributed by atoms with Crippen molar-refractivity contribution in [2.24, 2.45) is 13.0 Å². The van der Waals surface area contributed by atoms with Crippen LogP contribution in [0.25, 0.3) is 21.8 Å². The van der Waals surface area contributed by atoms with E-state index in [4.69, 9.17) is 9.40 Å². The molecule has 0 radical (unpaired) electrons. The van der Waals surface area contributed by atoms with Gasteiger partial charge in [-0.25, -0.2) is 9.97 Å². The molecule has 4 aromatic rings. The molecule has 2 fully saturated rings. The van der Waals surface area contributed by atoms with Crippen LogP contribution in [0.4, 0.5) is 0 Å². The van der Waals surface area contributed by atoms with Crippen molar-refractivity contribution in [2.45, 2.75) is 37.3 Å². The Morgan fingerprint density at radius 3 is 3.03 bits per heavy atom. The Hall–Kier alpha value is -2.23. The summed E-state index contributed by atoms with van der Waals surface area (Å²) in [7, 11) is 1.98. The van der Waals surface area contributed by atoms with E-state index in [1.54, 1.807) is 23.1 Å². The van der Waals surface area contributed by atoms with Crippen LogP contribution in [0.1, 0.15) is 29.1 Å². The summed E-state index contributed by atoms with van der Waals surface area (Å²) in [5, 5.41) is 10.7. The van der Waals surface area contributed by atoms with Gasteiger partial charge in [-0.15, -0.1) is 21.5 Å². The Morgan fingerprint density at radius 1 is 1.28 bits per heavy atom. The first kappa shape index (κ1) is 20.4. The first-order valence-electron chi connectivity index (χ1n) is 11.1. The van der Waals surface area contributed by atoms with Gasteiger partial charge in [0.2, 0.25) is 5.82 Å². The monoisotopic (exact) mass is 466 g/mol. The van der Waals surface area contributed by atoms with Crippen LogP contribution < -0.4 is 0 Å². The third-order valence-corrected chi connectivity index (χ3v) is 8.98. The van der Waals surface area contributed by atoms with Crippen molar-refractivity contribution in [3.8, 4) is 11.6 Å². The fraction of sp³-hybridized carbons (Fsp3) is 0.478. The summed E-state index contributed by atoms with van der Waals surface area (Å²) in [5.74, 6) is 3.26. The summed E-state index contributed by atoms with van der Waals surface area (Å²) < 4.78 is 8.77. The van der Waals surface area contributed by atoms with Gasteiger partial charge in [0.05, 0.1) is 20.9 Å². The van der Waals surface area contributed by atoms with Gasteiger partial charge in [-0.1, -0.05) is 17.8 Å². The molecule has 1 saturated heterocycles. The molecule has 0 N–H and O–H groups in total.